The van der Waals surface area contributed by atoms with E-state index in [9.17, 15) is 0 Å². The van der Waals surface area contributed by atoms with Crippen LogP contribution in [-0.2, 0) is 0 Å². The van der Waals surface area contributed by atoms with Crippen molar-refractivity contribution in [1.82, 2.24) is 15.2 Å². The predicted molar refractivity (Wildman–Crippen MR) is 91.2 cm³/mol. The summed E-state index contributed by atoms with van der Waals surface area (Å²) < 4.78 is 2.02. The summed E-state index contributed by atoms with van der Waals surface area (Å²) in [4.78, 5) is 6.85. The van der Waals surface area contributed by atoms with Crippen LogP contribution in [-0.4, -0.2) is 34.8 Å². The van der Waals surface area contributed by atoms with Crippen molar-refractivity contribution in [1.29, 1.82) is 0 Å². The van der Waals surface area contributed by atoms with Gasteiger partial charge >= 0.3 is 0 Å². The lowest BCUT2D eigenvalue weighted by Crippen LogP contribution is -2.36. The minimum absolute atomic E-state index is 0.639. The van der Waals surface area contributed by atoms with Crippen LogP contribution in [0.5, 0.6) is 0 Å². The Bertz CT molecular complexity index is 620. The second kappa shape index (κ2) is 6.46. The van der Waals surface area contributed by atoms with Crippen LogP contribution < -0.4 is 10.6 Å². The molecule has 7 heteroatoms. The molecule has 0 amide bonds. The lowest BCUT2D eigenvalue weighted by atomic mass is 9.97. The van der Waals surface area contributed by atoms with Gasteiger partial charge in [0.1, 0.15) is 0 Å². The number of rotatable bonds is 3. The topological polar surface area (TPSA) is 70.8 Å². The Morgan fingerprint density at radius 3 is 2.71 bits per heavy atom. The highest BCUT2D eigenvalue weighted by Crippen LogP contribution is 2.30. The van der Waals surface area contributed by atoms with Gasteiger partial charge in [-0.15, -0.1) is 5.10 Å². The van der Waals surface area contributed by atoms with Crippen molar-refractivity contribution < 1.29 is 0 Å². The molecule has 0 aliphatic carbocycles. The molecule has 0 bridgehead atoms. The smallest absolute Gasteiger partial charge is 0.245 e. The van der Waals surface area contributed by atoms with Gasteiger partial charge in [0.2, 0.25) is 5.95 Å². The van der Waals surface area contributed by atoms with Gasteiger partial charge < -0.3 is 10.6 Å². The number of nitrogens with zero attached hydrogens (tertiary/aromatic N) is 3. The van der Waals surface area contributed by atoms with E-state index in [4.69, 9.17) is 5.73 Å². The number of anilines is 1. The summed E-state index contributed by atoms with van der Waals surface area (Å²) >= 11 is 7.02. The zero-order valence-corrected chi connectivity index (χ0v) is 14.7. The quantitative estimate of drug-likeness (QED) is 0.808. The third-order valence-corrected chi connectivity index (χ3v) is 5.04. The number of hydrogen-bond donors (Lipinski definition) is 2. The van der Waals surface area contributed by atoms with E-state index in [2.05, 4.69) is 51.9 Å². The molecule has 112 valence electrons. The third-order valence-electron chi connectivity index (χ3n) is 3.89. The minimum Gasteiger partial charge on any atom is -0.340 e. The van der Waals surface area contributed by atoms with Gasteiger partial charge in [0, 0.05) is 27.6 Å². The van der Waals surface area contributed by atoms with E-state index in [1.54, 1.807) is 0 Å². The van der Waals surface area contributed by atoms with E-state index >= 15 is 0 Å². The van der Waals surface area contributed by atoms with Gasteiger partial charge in [-0.25, -0.2) is 0 Å². The monoisotopic (exact) mass is 413 g/mol. The number of aromatic nitrogens is 3. The second-order valence-corrected chi connectivity index (χ2v) is 7.04. The highest BCUT2D eigenvalue weighted by molar-refractivity contribution is 9.11. The fourth-order valence-corrected chi connectivity index (χ4v) is 3.80. The third kappa shape index (κ3) is 3.30. The first-order valence-corrected chi connectivity index (χ1v) is 8.59. The fourth-order valence-electron chi connectivity index (χ4n) is 2.57. The first-order chi connectivity index (χ1) is 10.2. The van der Waals surface area contributed by atoms with Crippen LogP contribution in [0, 0.1) is 5.92 Å². The van der Waals surface area contributed by atoms with Crippen molar-refractivity contribution in [3.63, 3.8) is 0 Å². The first-order valence-electron chi connectivity index (χ1n) is 7.00. The van der Waals surface area contributed by atoms with Crippen LogP contribution in [0.2, 0.25) is 0 Å². The molecule has 1 fully saturated rings. The van der Waals surface area contributed by atoms with Crippen molar-refractivity contribution in [2.24, 2.45) is 11.7 Å². The average molecular weight is 415 g/mol. The van der Waals surface area contributed by atoms with Gasteiger partial charge in [0.05, 0.1) is 0 Å². The average Bonchev–Trinajstić information content (AvgIpc) is 2.97. The minimum atomic E-state index is 0.639. The summed E-state index contributed by atoms with van der Waals surface area (Å²) in [5, 5.41) is 7.39. The highest BCUT2D eigenvalue weighted by atomic mass is 79.9. The van der Waals surface area contributed by atoms with Crippen LogP contribution in [0.1, 0.15) is 12.8 Å². The molecule has 1 aliphatic rings. The number of aromatic amines is 1. The van der Waals surface area contributed by atoms with Gasteiger partial charge in [-0.1, -0.05) is 15.9 Å². The van der Waals surface area contributed by atoms with Gasteiger partial charge in [-0.05, 0) is 59.4 Å². The Morgan fingerprint density at radius 1 is 1.29 bits per heavy atom. The van der Waals surface area contributed by atoms with E-state index in [1.807, 2.05) is 18.2 Å². The molecule has 21 heavy (non-hydrogen) atoms. The molecule has 1 saturated heterocycles. The molecule has 0 unspecified atom stereocenters. The molecule has 2 heterocycles. The van der Waals surface area contributed by atoms with Gasteiger partial charge in [-0.2, -0.15) is 4.98 Å². The summed E-state index contributed by atoms with van der Waals surface area (Å²) in [6.07, 6.45) is 2.23. The molecule has 3 N–H and O–H groups in total. The maximum atomic E-state index is 5.73. The molecule has 2 aromatic rings. The normalized spacial score (nSPS) is 16.4. The van der Waals surface area contributed by atoms with Crippen LogP contribution in [0.25, 0.3) is 11.4 Å². The fraction of sp³-hybridized carbons (Fsp3) is 0.429. The number of nitrogens with one attached hydrogen (secondary N) is 1. The SMILES string of the molecule is NCC1CCN(c2n[nH]c(-c3ccc(Br)cc3Br)n2)CC1. The maximum absolute atomic E-state index is 5.73. The van der Waals surface area contributed by atoms with Gasteiger partial charge in [-0.3, -0.25) is 5.10 Å². The number of halogens is 2. The maximum Gasteiger partial charge on any atom is 0.245 e. The van der Waals surface area contributed by atoms with Gasteiger partial charge in [0.15, 0.2) is 5.82 Å². The second-order valence-electron chi connectivity index (χ2n) is 5.27. The van der Waals surface area contributed by atoms with Crippen molar-refractivity contribution in [2.75, 3.05) is 24.5 Å². The Balaban J connectivity index is 1.77. The van der Waals surface area contributed by atoms with E-state index in [-0.39, 0.29) is 0 Å². The number of benzene rings is 1. The highest BCUT2D eigenvalue weighted by Gasteiger charge is 2.21. The van der Waals surface area contributed by atoms with Crippen LogP contribution in [0.3, 0.4) is 0 Å². The van der Waals surface area contributed by atoms with Crippen molar-refractivity contribution in [3.05, 3.63) is 27.1 Å². The van der Waals surface area contributed by atoms with Crippen LogP contribution in [0.15, 0.2) is 27.1 Å². The molecule has 3 rings (SSSR count). The number of nitrogens with two attached hydrogens (primary N) is 1. The van der Waals surface area contributed by atoms with Crippen LogP contribution in [0.4, 0.5) is 5.95 Å². The molecule has 1 aliphatic heterocycles. The van der Waals surface area contributed by atoms with E-state index in [0.29, 0.717) is 5.92 Å². The van der Waals surface area contributed by atoms with Crippen molar-refractivity contribution >= 4 is 37.8 Å². The number of hydrogen-bond acceptors (Lipinski definition) is 4. The van der Waals surface area contributed by atoms with E-state index in [0.717, 1.165) is 58.8 Å². The zero-order chi connectivity index (χ0) is 14.8. The lowest BCUT2D eigenvalue weighted by molar-refractivity contribution is 0.411. The Kier molecular flexibility index (Phi) is 4.61. The molecule has 1 aromatic carbocycles. The van der Waals surface area contributed by atoms with Crippen LogP contribution >= 0.6 is 31.9 Å². The lowest BCUT2D eigenvalue weighted by Gasteiger charge is -2.30. The summed E-state index contributed by atoms with van der Waals surface area (Å²) in [5.41, 5.74) is 6.74. The summed E-state index contributed by atoms with van der Waals surface area (Å²) in [5.74, 6) is 2.20. The number of H-pyrrole nitrogens is 1. The van der Waals surface area contributed by atoms with Gasteiger partial charge in [0.25, 0.3) is 0 Å². The molecule has 0 atom stereocenters. The van der Waals surface area contributed by atoms with Crippen molar-refractivity contribution in [3.8, 4) is 11.4 Å². The molecule has 1 aromatic heterocycles. The Hall–Kier alpha value is -0.920. The molecular weight excluding hydrogens is 398 g/mol. The molecule has 0 spiro atoms. The standard InChI is InChI=1S/C14H17Br2N5/c15-10-1-2-11(12(16)7-10)13-18-14(20-19-13)21-5-3-9(8-17)4-6-21/h1-2,7,9H,3-6,8,17H2,(H,18,19,20). The summed E-state index contributed by atoms with van der Waals surface area (Å²) in [7, 11) is 0. The first kappa shape index (κ1) is 15.0. The Labute approximate surface area is 140 Å². The summed E-state index contributed by atoms with van der Waals surface area (Å²) in [6, 6.07) is 6.01. The zero-order valence-electron chi connectivity index (χ0n) is 11.5. The Morgan fingerprint density at radius 2 is 2.05 bits per heavy atom. The number of piperidine rings is 1. The molecule has 0 radical (unpaired) electrons. The molecule has 0 saturated carbocycles. The van der Waals surface area contributed by atoms with E-state index < -0.39 is 0 Å². The van der Waals surface area contributed by atoms with Crippen molar-refractivity contribution in [2.45, 2.75) is 12.8 Å². The molecular formula is C14H17Br2N5. The largest absolute Gasteiger partial charge is 0.340 e. The predicted octanol–water partition coefficient (Wildman–Crippen LogP) is 3.17. The molecule has 5 nitrogen and oxygen atoms in total. The van der Waals surface area contributed by atoms with E-state index in [1.165, 1.54) is 0 Å². The summed E-state index contributed by atoms with van der Waals surface area (Å²) in [6.45, 7) is 2.72.